The SMILES string of the molecule is c1cc(-c2ccc3c4ccccc4c4ccccc4c3c2)cc(-c2nc3ccccc3[nH]2)c1. The molecule has 1 N–H and O–H groups in total. The molecule has 0 radical (unpaired) electrons. The zero-order valence-corrected chi connectivity index (χ0v) is 17.9. The molecule has 0 unspecified atom stereocenters. The van der Waals surface area contributed by atoms with Gasteiger partial charge in [-0.2, -0.15) is 0 Å². The van der Waals surface area contributed by atoms with Crippen molar-refractivity contribution in [2.45, 2.75) is 0 Å². The van der Waals surface area contributed by atoms with E-state index in [4.69, 9.17) is 4.98 Å². The molecule has 0 fully saturated rings. The lowest BCUT2D eigenvalue weighted by molar-refractivity contribution is 1.34. The van der Waals surface area contributed by atoms with Crippen molar-refractivity contribution in [1.29, 1.82) is 0 Å². The van der Waals surface area contributed by atoms with Crippen LogP contribution in [0.5, 0.6) is 0 Å². The molecule has 0 spiro atoms. The first kappa shape index (κ1) is 18.2. The lowest BCUT2D eigenvalue weighted by Gasteiger charge is -2.12. The lowest BCUT2D eigenvalue weighted by atomic mass is 9.92. The van der Waals surface area contributed by atoms with E-state index < -0.39 is 0 Å². The van der Waals surface area contributed by atoms with Crippen molar-refractivity contribution in [3.63, 3.8) is 0 Å². The van der Waals surface area contributed by atoms with E-state index in [2.05, 4.69) is 102 Å². The Morgan fingerprint density at radius 2 is 1.00 bits per heavy atom. The number of fused-ring (bicyclic) bond motifs is 7. The molecule has 0 atom stereocenters. The van der Waals surface area contributed by atoms with Gasteiger partial charge in [0.05, 0.1) is 11.0 Å². The number of aromatic amines is 1. The van der Waals surface area contributed by atoms with E-state index in [9.17, 15) is 0 Å². The van der Waals surface area contributed by atoms with Crippen molar-refractivity contribution < 1.29 is 0 Å². The predicted molar refractivity (Wildman–Crippen MR) is 139 cm³/mol. The van der Waals surface area contributed by atoms with Gasteiger partial charge in [-0.15, -0.1) is 0 Å². The highest BCUT2D eigenvalue weighted by molar-refractivity contribution is 6.25. The van der Waals surface area contributed by atoms with E-state index in [-0.39, 0.29) is 0 Å². The van der Waals surface area contributed by atoms with Crippen molar-refractivity contribution in [1.82, 2.24) is 9.97 Å². The van der Waals surface area contributed by atoms with Gasteiger partial charge in [0, 0.05) is 5.56 Å². The van der Waals surface area contributed by atoms with Crippen LogP contribution in [0, 0.1) is 0 Å². The van der Waals surface area contributed by atoms with Gasteiger partial charge in [-0.05, 0) is 67.7 Å². The number of nitrogens with one attached hydrogen (secondary N) is 1. The second-order valence-electron chi connectivity index (χ2n) is 8.53. The highest BCUT2D eigenvalue weighted by atomic mass is 14.9. The van der Waals surface area contributed by atoms with Crippen molar-refractivity contribution in [2.75, 3.05) is 0 Å². The number of nitrogens with zero attached hydrogens (tertiary/aromatic N) is 1. The summed E-state index contributed by atoms with van der Waals surface area (Å²) in [6, 6.07) is 41.1. The summed E-state index contributed by atoms with van der Waals surface area (Å²) in [7, 11) is 0. The average Bonchev–Trinajstić information content (AvgIpc) is 3.33. The van der Waals surface area contributed by atoms with Gasteiger partial charge in [0.25, 0.3) is 0 Å². The Morgan fingerprint density at radius 3 is 1.73 bits per heavy atom. The first-order chi connectivity index (χ1) is 16.3. The van der Waals surface area contributed by atoms with Gasteiger partial charge in [-0.1, -0.05) is 91.0 Å². The Kier molecular flexibility index (Phi) is 3.88. The second kappa shape index (κ2) is 7.04. The Hall–Kier alpha value is -4.43. The minimum absolute atomic E-state index is 0.898. The van der Waals surface area contributed by atoms with Crippen LogP contribution in [0.4, 0.5) is 0 Å². The number of aromatic nitrogens is 2. The molecular formula is C31H20N2. The Labute approximate surface area is 191 Å². The van der Waals surface area contributed by atoms with Crippen LogP contribution in [0.15, 0.2) is 115 Å². The molecule has 0 aliphatic carbocycles. The monoisotopic (exact) mass is 420 g/mol. The zero-order valence-electron chi connectivity index (χ0n) is 17.9. The summed E-state index contributed by atoms with van der Waals surface area (Å²) in [4.78, 5) is 8.24. The van der Waals surface area contributed by atoms with Crippen molar-refractivity contribution >= 4 is 43.4 Å². The Balaban J connectivity index is 1.44. The quantitative estimate of drug-likeness (QED) is 0.280. The lowest BCUT2D eigenvalue weighted by Crippen LogP contribution is -1.86. The molecule has 0 amide bonds. The summed E-state index contributed by atoms with van der Waals surface area (Å²) in [5.41, 5.74) is 5.53. The number of imidazole rings is 1. The van der Waals surface area contributed by atoms with Gasteiger partial charge in [-0.3, -0.25) is 0 Å². The van der Waals surface area contributed by atoms with E-state index >= 15 is 0 Å². The zero-order chi connectivity index (χ0) is 21.8. The summed E-state index contributed by atoms with van der Waals surface area (Å²) in [5, 5.41) is 7.78. The Morgan fingerprint density at radius 1 is 0.424 bits per heavy atom. The number of hydrogen-bond acceptors (Lipinski definition) is 1. The standard InChI is InChI=1S/C31H20N2/c1-2-12-25-23(10-1)24-11-3-4-13-26(24)28-19-21(16-17-27(25)28)20-8-7-9-22(18-20)31-32-29-14-5-6-15-30(29)33-31/h1-19H,(H,32,33). The number of H-pyrrole nitrogens is 1. The highest BCUT2D eigenvalue weighted by Crippen LogP contribution is 2.37. The van der Waals surface area contributed by atoms with Crippen LogP contribution in [0.3, 0.4) is 0 Å². The average molecular weight is 421 g/mol. The molecule has 0 saturated carbocycles. The fourth-order valence-corrected chi connectivity index (χ4v) is 5.02. The van der Waals surface area contributed by atoms with Gasteiger partial charge in [0.15, 0.2) is 0 Å². The maximum atomic E-state index is 4.79. The normalized spacial score (nSPS) is 11.6. The third-order valence-electron chi connectivity index (χ3n) is 6.60. The van der Waals surface area contributed by atoms with Crippen molar-refractivity contribution in [3.8, 4) is 22.5 Å². The first-order valence-electron chi connectivity index (χ1n) is 11.2. The molecule has 1 heterocycles. The van der Waals surface area contributed by atoms with E-state index in [0.29, 0.717) is 0 Å². The molecule has 0 bridgehead atoms. The van der Waals surface area contributed by atoms with E-state index in [1.54, 1.807) is 0 Å². The van der Waals surface area contributed by atoms with Crippen LogP contribution in [-0.2, 0) is 0 Å². The Bertz CT molecular complexity index is 1760. The molecule has 0 saturated heterocycles. The fourth-order valence-electron chi connectivity index (χ4n) is 5.02. The molecule has 7 aromatic rings. The smallest absolute Gasteiger partial charge is 0.138 e. The molecule has 0 aliphatic rings. The first-order valence-corrected chi connectivity index (χ1v) is 11.2. The maximum Gasteiger partial charge on any atom is 0.138 e. The largest absolute Gasteiger partial charge is 0.338 e. The molecule has 2 nitrogen and oxygen atoms in total. The van der Waals surface area contributed by atoms with Crippen LogP contribution < -0.4 is 0 Å². The minimum atomic E-state index is 0.898. The fraction of sp³-hybridized carbons (Fsp3) is 0. The van der Waals surface area contributed by atoms with Crippen LogP contribution in [0.2, 0.25) is 0 Å². The van der Waals surface area contributed by atoms with Crippen LogP contribution in [-0.4, -0.2) is 9.97 Å². The van der Waals surface area contributed by atoms with Gasteiger partial charge < -0.3 is 4.98 Å². The summed E-state index contributed by atoms with van der Waals surface area (Å²) in [5.74, 6) is 0.898. The van der Waals surface area contributed by atoms with Crippen LogP contribution in [0.25, 0.3) is 65.9 Å². The highest BCUT2D eigenvalue weighted by Gasteiger charge is 2.11. The van der Waals surface area contributed by atoms with Crippen LogP contribution >= 0.6 is 0 Å². The summed E-state index contributed by atoms with van der Waals surface area (Å²) in [6.45, 7) is 0. The summed E-state index contributed by atoms with van der Waals surface area (Å²) in [6.07, 6.45) is 0. The third-order valence-corrected chi connectivity index (χ3v) is 6.60. The van der Waals surface area contributed by atoms with E-state index in [1.165, 1.54) is 43.4 Å². The van der Waals surface area contributed by atoms with Gasteiger partial charge in [0.1, 0.15) is 5.82 Å². The van der Waals surface area contributed by atoms with Crippen molar-refractivity contribution in [2.24, 2.45) is 0 Å². The molecule has 7 rings (SSSR count). The molecular weight excluding hydrogens is 400 g/mol. The molecule has 33 heavy (non-hydrogen) atoms. The number of rotatable bonds is 2. The molecule has 154 valence electrons. The molecule has 1 aromatic heterocycles. The minimum Gasteiger partial charge on any atom is -0.338 e. The number of para-hydroxylation sites is 2. The molecule has 6 aromatic carbocycles. The predicted octanol–water partition coefficient (Wildman–Crippen LogP) is 8.36. The van der Waals surface area contributed by atoms with E-state index in [1.807, 2.05) is 18.2 Å². The number of benzene rings is 6. The van der Waals surface area contributed by atoms with Gasteiger partial charge in [0.2, 0.25) is 0 Å². The van der Waals surface area contributed by atoms with Crippen LogP contribution in [0.1, 0.15) is 0 Å². The summed E-state index contributed by atoms with van der Waals surface area (Å²) < 4.78 is 0. The summed E-state index contributed by atoms with van der Waals surface area (Å²) >= 11 is 0. The molecule has 0 aliphatic heterocycles. The number of hydrogen-bond donors (Lipinski definition) is 1. The van der Waals surface area contributed by atoms with Gasteiger partial charge in [-0.25, -0.2) is 4.98 Å². The second-order valence-corrected chi connectivity index (χ2v) is 8.53. The van der Waals surface area contributed by atoms with E-state index in [0.717, 1.165) is 22.4 Å². The molecule has 2 heteroatoms. The third kappa shape index (κ3) is 2.85. The van der Waals surface area contributed by atoms with Crippen molar-refractivity contribution in [3.05, 3.63) is 115 Å². The topological polar surface area (TPSA) is 28.7 Å². The van der Waals surface area contributed by atoms with Gasteiger partial charge >= 0.3 is 0 Å². The maximum absolute atomic E-state index is 4.79.